The molecular weight excluding hydrogens is 472 g/mol. The van der Waals surface area contributed by atoms with E-state index in [2.05, 4.69) is 75.1 Å². The Morgan fingerprint density at radius 2 is 1.92 bits per heavy atom. The summed E-state index contributed by atoms with van der Waals surface area (Å²) in [4.78, 5) is 25.6. The first-order chi connectivity index (χ1) is 18.5. The number of hydrogen-bond acceptors (Lipinski definition) is 3. The Morgan fingerprint density at radius 3 is 2.68 bits per heavy atom. The molecule has 5 rings (SSSR count). The van der Waals surface area contributed by atoms with Gasteiger partial charge in [0.1, 0.15) is 5.84 Å². The van der Waals surface area contributed by atoms with E-state index in [1.165, 1.54) is 18.4 Å². The fourth-order valence-corrected chi connectivity index (χ4v) is 5.82. The molecule has 0 spiro atoms. The van der Waals surface area contributed by atoms with Crippen LogP contribution < -0.4 is 15.5 Å². The average molecular weight is 511 g/mol. The molecule has 1 aromatic heterocycles. The molecule has 2 saturated heterocycles. The summed E-state index contributed by atoms with van der Waals surface area (Å²) < 4.78 is 0. The largest absolute Gasteiger partial charge is 0.367 e. The van der Waals surface area contributed by atoms with Gasteiger partial charge in [0.2, 0.25) is 0 Å². The molecule has 0 radical (unpaired) electrons. The highest BCUT2D eigenvalue weighted by Crippen LogP contribution is 2.33. The minimum absolute atomic E-state index is 0.227. The fraction of sp³-hybridized carbons (Fsp3) is 0.355. The first-order valence-corrected chi connectivity index (χ1v) is 13.6. The van der Waals surface area contributed by atoms with Gasteiger partial charge in [-0.3, -0.25) is 0 Å². The van der Waals surface area contributed by atoms with Crippen LogP contribution in [0.4, 0.5) is 21.9 Å². The summed E-state index contributed by atoms with van der Waals surface area (Å²) in [5.41, 5.74) is 6.16. The van der Waals surface area contributed by atoms with Crippen LogP contribution in [0.25, 0.3) is 0 Å². The molecule has 2 amide bonds. The van der Waals surface area contributed by atoms with Gasteiger partial charge < -0.3 is 25.4 Å². The number of para-hydroxylation sites is 2. The number of carbonyl (C=O) groups excluding carboxylic acids is 1. The Hall–Kier alpha value is -4.00. The number of carbonyl (C=O) groups is 1. The van der Waals surface area contributed by atoms with Crippen molar-refractivity contribution in [1.29, 1.82) is 0 Å². The second-order valence-corrected chi connectivity index (χ2v) is 10.3. The zero-order chi connectivity index (χ0) is 26.5. The lowest BCUT2D eigenvalue weighted by molar-refractivity contribution is 0.262. The highest BCUT2D eigenvalue weighted by Gasteiger charge is 2.26. The number of nitrogens with one attached hydrogen (secondary N) is 3. The quantitative estimate of drug-likeness (QED) is 0.254. The van der Waals surface area contributed by atoms with Crippen LogP contribution in [-0.2, 0) is 0 Å². The molecule has 2 aliphatic heterocycles. The number of piperidine rings is 1. The van der Waals surface area contributed by atoms with Crippen molar-refractivity contribution in [1.82, 2.24) is 9.88 Å². The number of anilines is 3. The van der Waals surface area contributed by atoms with E-state index in [1.807, 2.05) is 36.5 Å². The van der Waals surface area contributed by atoms with Crippen LogP contribution in [-0.4, -0.2) is 47.4 Å². The maximum Gasteiger partial charge on any atom is 0.323 e. The highest BCUT2D eigenvalue weighted by atomic mass is 16.2. The van der Waals surface area contributed by atoms with Crippen LogP contribution in [0.5, 0.6) is 0 Å². The Kier molecular flexibility index (Phi) is 7.82. The van der Waals surface area contributed by atoms with Crippen LogP contribution in [0.1, 0.15) is 55.3 Å². The van der Waals surface area contributed by atoms with Gasteiger partial charge in [-0.05, 0) is 75.4 Å². The van der Waals surface area contributed by atoms with Crippen LogP contribution in [0.15, 0.2) is 78.6 Å². The van der Waals surface area contributed by atoms with Crippen LogP contribution in [0.2, 0.25) is 0 Å². The van der Waals surface area contributed by atoms with Gasteiger partial charge >= 0.3 is 6.03 Å². The third kappa shape index (κ3) is 5.62. The minimum Gasteiger partial charge on any atom is -0.367 e. The molecule has 198 valence electrons. The Balaban J connectivity index is 1.27. The molecule has 2 atom stereocenters. The molecule has 38 heavy (non-hydrogen) atoms. The lowest BCUT2D eigenvalue weighted by Gasteiger charge is -2.35. The van der Waals surface area contributed by atoms with E-state index in [9.17, 15) is 4.79 Å². The van der Waals surface area contributed by atoms with Crippen molar-refractivity contribution in [2.75, 3.05) is 35.2 Å². The monoisotopic (exact) mass is 510 g/mol. The number of benzene rings is 2. The van der Waals surface area contributed by atoms with Crippen LogP contribution >= 0.6 is 0 Å². The fourth-order valence-electron chi connectivity index (χ4n) is 5.82. The average Bonchev–Trinajstić information content (AvgIpc) is 3.55. The predicted octanol–water partition coefficient (Wildman–Crippen LogP) is 6.73. The van der Waals surface area contributed by atoms with E-state index in [-0.39, 0.29) is 6.03 Å². The number of likely N-dealkylation sites (tertiary alicyclic amines) is 1. The van der Waals surface area contributed by atoms with E-state index in [4.69, 9.17) is 0 Å². The van der Waals surface area contributed by atoms with Gasteiger partial charge in [0.25, 0.3) is 0 Å². The first-order valence-electron chi connectivity index (χ1n) is 13.6. The Morgan fingerprint density at radius 1 is 1.08 bits per heavy atom. The van der Waals surface area contributed by atoms with E-state index in [0.717, 1.165) is 66.6 Å². The standard InChI is InChI=1S/C31H38N6O/c1-4-32-30(27-16-17-33-23(27)3)36-18-9-12-25(21-36)24-11-7-13-26(20-24)34-31(38)35-28-14-5-6-15-29(28)37-19-8-10-22(37)2/h4-7,11,13-17,20,22,25,33H,1,8-10,12,18-19,21H2,2-3H3,(H2,34,35,38)/b32-30+. The van der Waals surface area contributed by atoms with Gasteiger partial charge in [0.15, 0.2) is 0 Å². The molecule has 2 aromatic carbocycles. The molecule has 7 heteroatoms. The predicted molar refractivity (Wildman–Crippen MR) is 157 cm³/mol. The van der Waals surface area contributed by atoms with Gasteiger partial charge in [0, 0.05) is 60.9 Å². The van der Waals surface area contributed by atoms with Gasteiger partial charge in [-0.25, -0.2) is 9.79 Å². The first kappa shape index (κ1) is 25.6. The molecule has 7 nitrogen and oxygen atoms in total. The molecule has 3 N–H and O–H groups in total. The van der Waals surface area contributed by atoms with Gasteiger partial charge in [-0.15, -0.1) is 0 Å². The molecule has 0 saturated carbocycles. The zero-order valence-corrected chi connectivity index (χ0v) is 22.4. The molecule has 3 heterocycles. The number of nitrogens with zero attached hydrogens (tertiary/aromatic N) is 3. The van der Waals surface area contributed by atoms with E-state index >= 15 is 0 Å². The number of amides is 2. The number of H-pyrrole nitrogens is 1. The molecule has 2 aliphatic rings. The topological polar surface area (TPSA) is 75.8 Å². The van der Waals surface area contributed by atoms with Gasteiger partial charge in [-0.2, -0.15) is 0 Å². The van der Waals surface area contributed by atoms with E-state index in [1.54, 1.807) is 6.20 Å². The van der Waals surface area contributed by atoms with E-state index in [0.29, 0.717) is 12.0 Å². The molecule has 0 bridgehead atoms. The number of aromatic amines is 1. The van der Waals surface area contributed by atoms with Crippen molar-refractivity contribution in [2.45, 2.75) is 51.5 Å². The molecule has 2 unspecified atom stereocenters. The van der Waals surface area contributed by atoms with E-state index < -0.39 is 0 Å². The molecule has 0 aliphatic carbocycles. The Bertz CT molecular complexity index is 1310. The maximum atomic E-state index is 13.0. The third-order valence-electron chi connectivity index (χ3n) is 7.76. The van der Waals surface area contributed by atoms with Crippen LogP contribution in [0, 0.1) is 6.92 Å². The maximum absolute atomic E-state index is 13.0. The van der Waals surface area contributed by atoms with Gasteiger partial charge in [-0.1, -0.05) is 30.8 Å². The number of urea groups is 1. The summed E-state index contributed by atoms with van der Waals surface area (Å²) >= 11 is 0. The number of amidine groups is 1. The summed E-state index contributed by atoms with van der Waals surface area (Å²) in [6.07, 6.45) is 8.11. The SMILES string of the molecule is C=C/N=C(\c1cc[nH]c1C)N1CCCC(c2cccc(NC(=O)Nc3ccccc3N3CCCC3C)c2)C1. The summed E-state index contributed by atoms with van der Waals surface area (Å²) in [7, 11) is 0. The second kappa shape index (κ2) is 11.6. The smallest absolute Gasteiger partial charge is 0.323 e. The van der Waals surface area contributed by atoms with Crippen molar-refractivity contribution in [3.05, 3.63) is 90.4 Å². The summed E-state index contributed by atoms with van der Waals surface area (Å²) in [5.74, 6) is 1.31. The number of hydrogen-bond donors (Lipinski definition) is 3. The lowest BCUT2D eigenvalue weighted by Crippen LogP contribution is -2.39. The summed E-state index contributed by atoms with van der Waals surface area (Å²) in [6, 6.07) is 18.6. The normalized spacial score (nSPS) is 19.9. The minimum atomic E-state index is -0.227. The van der Waals surface area contributed by atoms with Crippen molar-refractivity contribution in [3.63, 3.8) is 0 Å². The third-order valence-corrected chi connectivity index (χ3v) is 7.76. The summed E-state index contributed by atoms with van der Waals surface area (Å²) in [5, 5.41) is 6.14. The van der Waals surface area contributed by atoms with Crippen molar-refractivity contribution < 1.29 is 4.79 Å². The number of rotatable bonds is 6. The van der Waals surface area contributed by atoms with Crippen LogP contribution in [0.3, 0.4) is 0 Å². The number of aromatic nitrogens is 1. The zero-order valence-electron chi connectivity index (χ0n) is 22.4. The summed E-state index contributed by atoms with van der Waals surface area (Å²) in [6.45, 7) is 11.0. The lowest BCUT2D eigenvalue weighted by atomic mass is 9.90. The van der Waals surface area contributed by atoms with Crippen molar-refractivity contribution in [2.24, 2.45) is 4.99 Å². The second-order valence-electron chi connectivity index (χ2n) is 10.3. The molecular formula is C31H38N6O. The molecule has 3 aromatic rings. The number of aryl methyl sites for hydroxylation is 1. The van der Waals surface area contributed by atoms with Gasteiger partial charge in [0.05, 0.1) is 11.4 Å². The molecule has 2 fully saturated rings. The number of aliphatic imine (C=N–C) groups is 1. The highest BCUT2D eigenvalue weighted by molar-refractivity contribution is 6.02. The van der Waals surface area contributed by atoms with Crippen molar-refractivity contribution in [3.8, 4) is 0 Å². The Labute approximate surface area is 225 Å². The van der Waals surface area contributed by atoms with Crippen molar-refractivity contribution >= 4 is 28.9 Å².